The van der Waals surface area contributed by atoms with Gasteiger partial charge in [0.15, 0.2) is 0 Å². The molecule has 0 aliphatic carbocycles. The van der Waals surface area contributed by atoms with E-state index in [2.05, 4.69) is 17.2 Å². The number of benzene rings is 2. The third-order valence-corrected chi connectivity index (χ3v) is 4.29. The van der Waals surface area contributed by atoms with Crippen LogP contribution in [0.25, 0.3) is 10.9 Å². The number of H-pyrrole nitrogens is 1. The summed E-state index contributed by atoms with van der Waals surface area (Å²) in [5, 5.41) is 4.23. The molecule has 1 atom stereocenters. The number of hydrogen-bond donors (Lipinski definition) is 2. The van der Waals surface area contributed by atoms with E-state index >= 15 is 0 Å². The molecular formula is C20H22N2O2. The molecule has 2 N–H and O–H groups in total. The summed E-state index contributed by atoms with van der Waals surface area (Å²) in [5.41, 5.74) is 3.17. The normalized spacial score (nSPS) is 12.1. The van der Waals surface area contributed by atoms with Crippen molar-refractivity contribution in [3.8, 4) is 5.75 Å². The van der Waals surface area contributed by atoms with Crippen LogP contribution in [0.3, 0.4) is 0 Å². The van der Waals surface area contributed by atoms with Crippen LogP contribution in [0.15, 0.2) is 54.7 Å². The second kappa shape index (κ2) is 7.21. The maximum Gasteiger partial charge on any atom is 0.224 e. The van der Waals surface area contributed by atoms with Crippen LogP contribution in [0.1, 0.15) is 30.5 Å². The summed E-state index contributed by atoms with van der Waals surface area (Å²) in [7, 11) is 1.65. The zero-order valence-electron chi connectivity index (χ0n) is 14.0. The molecule has 3 aromatic rings. The number of nitrogens with one attached hydrogen (secondary N) is 2. The standard InChI is InChI=1S/C20H22N2O2/c1-3-18(14-8-10-16(24-2)11-9-14)22-20(23)12-15-13-21-19-7-5-4-6-17(15)19/h4-11,13,18,21H,3,12H2,1-2H3,(H,22,23). The van der Waals surface area contributed by atoms with E-state index in [9.17, 15) is 4.79 Å². The maximum absolute atomic E-state index is 12.5. The number of rotatable bonds is 6. The Hall–Kier alpha value is -2.75. The lowest BCUT2D eigenvalue weighted by Crippen LogP contribution is -2.29. The van der Waals surface area contributed by atoms with Crippen molar-refractivity contribution in [1.82, 2.24) is 10.3 Å². The molecule has 0 bridgehead atoms. The molecule has 0 radical (unpaired) electrons. The van der Waals surface area contributed by atoms with Gasteiger partial charge in [-0.1, -0.05) is 37.3 Å². The third-order valence-electron chi connectivity index (χ3n) is 4.29. The van der Waals surface area contributed by atoms with Gasteiger partial charge in [-0.2, -0.15) is 0 Å². The number of aromatic amines is 1. The molecule has 0 fully saturated rings. The first-order chi connectivity index (χ1) is 11.7. The van der Waals surface area contributed by atoms with Crippen LogP contribution in [-0.4, -0.2) is 18.0 Å². The molecule has 4 nitrogen and oxygen atoms in total. The average molecular weight is 322 g/mol. The minimum absolute atomic E-state index is 0.00797. The van der Waals surface area contributed by atoms with Gasteiger partial charge >= 0.3 is 0 Å². The average Bonchev–Trinajstić information content (AvgIpc) is 3.03. The topological polar surface area (TPSA) is 54.1 Å². The van der Waals surface area contributed by atoms with Gasteiger partial charge in [0.25, 0.3) is 0 Å². The Balaban J connectivity index is 1.70. The number of aromatic nitrogens is 1. The van der Waals surface area contributed by atoms with Gasteiger partial charge in [-0.3, -0.25) is 4.79 Å². The van der Waals surface area contributed by atoms with E-state index in [-0.39, 0.29) is 11.9 Å². The predicted octanol–water partition coefficient (Wildman–Crippen LogP) is 3.99. The van der Waals surface area contributed by atoms with E-state index in [0.29, 0.717) is 6.42 Å². The Morgan fingerprint density at radius 2 is 1.92 bits per heavy atom. The van der Waals surface area contributed by atoms with Crippen molar-refractivity contribution >= 4 is 16.8 Å². The number of carbonyl (C=O) groups is 1. The van der Waals surface area contributed by atoms with Crippen molar-refractivity contribution in [3.63, 3.8) is 0 Å². The molecule has 4 heteroatoms. The van der Waals surface area contributed by atoms with Gasteiger partial charge in [0.1, 0.15) is 5.75 Å². The molecule has 1 aromatic heterocycles. The minimum atomic E-state index is 0.00797. The highest BCUT2D eigenvalue weighted by Gasteiger charge is 2.14. The van der Waals surface area contributed by atoms with Crippen LogP contribution in [0.4, 0.5) is 0 Å². The molecule has 0 spiro atoms. The largest absolute Gasteiger partial charge is 0.497 e. The molecule has 1 unspecified atom stereocenters. The monoisotopic (exact) mass is 322 g/mol. The molecule has 0 aliphatic rings. The molecule has 2 aromatic carbocycles. The lowest BCUT2D eigenvalue weighted by atomic mass is 10.0. The Morgan fingerprint density at radius 3 is 2.62 bits per heavy atom. The molecule has 1 amide bonds. The lowest BCUT2D eigenvalue weighted by Gasteiger charge is -2.18. The first-order valence-corrected chi connectivity index (χ1v) is 8.19. The predicted molar refractivity (Wildman–Crippen MR) is 96.2 cm³/mol. The van der Waals surface area contributed by atoms with Crippen LogP contribution >= 0.6 is 0 Å². The van der Waals surface area contributed by atoms with Gasteiger partial charge in [0.05, 0.1) is 19.6 Å². The second-order valence-electron chi connectivity index (χ2n) is 5.84. The van der Waals surface area contributed by atoms with E-state index < -0.39 is 0 Å². The van der Waals surface area contributed by atoms with E-state index in [1.807, 2.05) is 54.7 Å². The summed E-state index contributed by atoms with van der Waals surface area (Å²) in [6, 6.07) is 15.9. The summed E-state index contributed by atoms with van der Waals surface area (Å²) in [5.74, 6) is 0.848. The fraction of sp³-hybridized carbons (Fsp3) is 0.250. The summed E-state index contributed by atoms with van der Waals surface area (Å²) in [4.78, 5) is 15.7. The fourth-order valence-corrected chi connectivity index (χ4v) is 2.95. The third kappa shape index (κ3) is 3.43. The molecule has 3 rings (SSSR count). The smallest absolute Gasteiger partial charge is 0.224 e. The number of carbonyl (C=O) groups excluding carboxylic acids is 1. The van der Waals surface area contributed by atoms with E-state index in [1.54, 1.807) is 7.11 Å². The molecule has 24 heavy (non-hydrogen) atoms. The summed E-state index contributed by atoms with van der Waals surface area (Å²) in [6.07, 6.45) is 3.13. The SMILES string of the molecule is CCC(NC(=O)Cc1c[nH]c2ccccc12)c1ccc(OC)cc1. The summed E-state index contributed by atoms with van der Waals surface area (Å²) < 4.78 is 5.18. The number of fused-ring (bicyclic) bond motifs is 1. The second-order valence-corrected chi connectivity index (χ2v) is 5.84. The number of ether oxygens (including phenoxy) is 1. The van der Waals surface area contributed by atoms with Crippen molar-refractivity contribution in [2.45, 2.75) is 25.8 Å². The highest BCUT2D eigenvalue weighted by atomic mass is 16.5. The number of amides is 1. The van der Waals surface area contributed by atoms with Crippen molar-refractivity contribution in [1.29, 1.82) is 0 Å². The van der Waals surface area contributed by atoms with Crippen LogP contribution in [0.5, 0.6) is 5.75 Å². The molecule has 0 saturated heterocycles. The Kier molecular flexibility index (Phi) is 4.85. The lowest BCUT2D eigenvalue weighted by molar-refractivity contribution is -0.121. The van der Waals surface area contributed by atoms with Crippen LogP contribution in [-0.2, 0) is 11.2 Å². The van der Waals surface area contributed by atoms with Crippen molar-refractivity contribution in [2.24, 2.45) is 0 Å². The first-order valence-electron chi connectivity index (χ1n) is 8.19. The van der Waals surface area contributed by atoms with Gasteiger partial charge in [0, 0.05) is 17.1 Å². The van der Waals surface area contributed by atoms with Gasteiger partial charge in [0.2, 0.25) is 5.91 Å². The Bertz CT molecular complexity index is 821. The van der Waals surface area contributed by atoms with Crippen molar-refractivity contribution in [2.75, 3.05) is 7.11 Å². The van der Waals surface area contributed by atoms with Crippen molar-refractivity contribution in [3.05, 3.63) is 65.9 Å². The van der Waals surface area contributed by atoms with Gasteiger partial charge in [-0.15, -0.1) is 0 Å². The minimum Gasteiger partial charge on any atom is -0.497 e. The number of hydrogen-bond acceptors (Lipinski definition) is 2. The Morgan fingerprint density at radius 1 is 1.17 bits per heavy atom. The van der Waals surface area contributed by atoms with E-state index in [4.69, 9.17) is 4.74 Å². The fourth-order valence-electron chi connectivity index (χ4n) is 2.95. The quantitative estimate of drug-likeness (QED) is 0.721. The van der Waals surface area contributed by atoms with Gasteiger partial charge in [-0.25, -0.2) is 0 Å². The molecule has 0 aliphatic heterocycles. The summed E-state index contributed by atoms with van der Waals surface area (Å²) >= 11 is 0. The van der Waals surface area contributed by atoms with Crippen molar-refractivity contribution < 1.29 is 9.53 Å². The summed E-state index contributed by atoms with van der Waals surface area (Å²) in [6.45, 7) is 2.07. The molecule has 1 heterocycles. The molecule has 124 valence electrons. The van der Waals surface area contributed by atoms with E-state index in [0.717, 1.165) is 34.2 Å². The number of para-hydroxylation sites is 1. The number of methoxy groups -OCH3 is 1. The maximum atomic E-state index is 12.5. The highest BCUT2D eigenvalue weighted by Crippen LogP contribution is 2.21. The molecular weight excluding hydrogens is 300 g/mol. The Labute approximate surface area is 141 Å². The molecule has 0 saturated carbocycles. The van der Waals surface area contributed by atoms with Crippen LogP contribution in [0, 0.1) is 0 Å². The van der Waals surface area contributed by atoms with E-state index in [1.165, 1.54) is 0 Å². The van der Waals surface area contributed by atoms with Gasteiger partial charge < -0.3 is 15.0 Å². The zero-order chi connectivity index (χ0) is 16.9. The first kappa shape index (κ1) is 16.1. The zero-order valence-corrected chi connectivity index (χ0v) is 14.0. The van der Waals surface area contributed by atoms with Gasteiger partial charge in [-0.05, 0) is 35.7 Å². The highest BCUT2D eigenvalue weighted by molar-refractivity contribution is 5.88. The van der Waals surface area contributed by atoms with Crippen LogP contribution in [0.2, 0.25) is 0 Å². The van der Waals surface area contributed by atoms with Crippen LogP contribution < -0.4 is 10.1 Å².